The molecule has 0 unspecified atom stereocenters. The molecule has 0 bridgehead atoms. The van der Waals surface area contributed by atoms with Crippen molar-refractivity contribution in [2.75, 3.05) is 39.4 Å². The second kappa shape index (κ2) is 8.51. The summed E-state index contributed by atoms with van der Waals surface area (Å²) in [6, 6.07) is 12.0. The Labute approximate surface area is 172 Å². The summed E-state index contributed by atoms with van der Waals surface area (Å²) in [5, 5.41) is 3.06. The van der Waals surface area contributed by atoms with E-state index in [-0.39, 0.29) is 5.91 Å². The van der Waals surface area contributed by atoms with E-state index < -0.39 is 0 Å². The van der Waals surface area contributed by atoms with Gasteiger partial charge in [-0.1, -0.05) is 28.1 Å². The molecule has 2 aromatic heterocycles. The van der Waals surface area contributed by atoms with Gasteiger partial charge in [-0.25, -0.2) is 0 Å². The molecule has 28 heavy (non-hydrogen) atoms. The summed E-state index contributed by atoms with van der Waals surface area (Å²) in [6.07, 6.45) is 0. The number of rotatable bonds is 6. The van der Waals surface area contributed by atoms with Gasteiger partial charge in [-0.05, 0) is 24.6 Å². The van der Waals surface area contributed by atoms with Crippen LogP contribution in [-0.2, 0) is 11.3 Å². The predicted molar refractivity (Wildman–Crippen MR) is 112 cm³/mol. The van der Waals surface area contributed by atoms with E-state index in [4.69, 9.17) is 9.15 Å². The van der Waals surface area contributed by atoms with Crippen molar-refractivity contribution in [1.29, 1.82) is 0 Å². The van der Waals surface area contributed by atoms with E-state index in [2.05, 4.69) is 38.3 Å². The highest BCUT2D eigenvalue weighted by Crippen LogP contribution is 2.25. The van der Waals surface area contributed by atoms with Crippen LogP contribution in [0.5, 0.6) is 0 Å². The third kappa shape index (κ3) is 4.32. The molecule has 0 radical (unpaired) electrons. The van der Waals surface area contributed by atoms with E-state index in [0.29, 0.717) is 18.8 Å². The standard InChI is InChI=1S/C21H24BrN3O3/c1-15-12-18-20(28-15)13-19(25(18)14-16-2-4-17(22)5-3-16)21(26)23-6-7-24-8-10-27-11-9-24/h2-5,12-13H,6-11,14H2,1H3,(H,23,26). The number of carbonyl (C=O) groups is 1. The zero-order valence-electron chi connectivity index (χ0n) is 15.9. The van der Waals surface area contributed by atoms with Crippen LogP contribution in [0.1, 0.15) is 21.8 Å². The summed E-state index contributed by atoms with van der Waals surface area (Å²) in [6.45, 7) is 7.35. The van der Waals surface area contributed by atoms with Gasteiger partial charge < -0.3 is 19.0 Å². The van der Waals surface area contributed by atoms with Gasteiger partial charge in [0.2, 0.25) is 0 Å². The van der Waals surface area contributed by atoms with Crippen LogP contribution in [0.15, 0.2) is 45.3 Å². The Balaban J connectivity index is 1.51. The van der Waals surface area contributed by atoms with Gasteiger partial charge in [0.1, 0.15) is 11.5 Å². The number of nitrogens with one attached hydrogen (secondary N) is 1. The number of carbonyl (C=O) groups excluding carboxylic acids is 1. The molecular weight excluding hydrogens is 422 g/mol. The molecule has 0 saturated carbocycles. The fourth-order valence-corrected chi connectivity index (χ4v) is 3.80. The lowest BCUT2D eigenvalue weighted by molar-refractivity contribution is 0.0383. The molecule has 1 saturated heterocycles. The van der Waals surface area contributed by atoms with E-state index in [0.717, 1.165) is 59.7 Å². The first-order valence-corrected chi connectivity index (χ1v) is 10.3. The molecule has 1 aromatic carbocycles. The summed E-state index contributed by atoms with van der Waals surface area (Å²) < 4.78 is 14.2. The smallest absolute Gasteiger partial charge is 0.268 e. The predicted octanol–water partition coefficient (Wildman–Crippen LogP) is 3.42. The Morgan fingerprint density at radius 1 is 1.18 bits per heavy atom. The van der Waals surface area contributed by atoms with Crippen LogP contribution in [-0.4, -0.2) is 54.8 Å². The van der Waals surface area contributed by atoms with E-state index in [1.807, 2.05) is 35.8 Å². The molecule has 1 N–H and O–H groups in total. The number of morpholine rings is 1. The number of hydrogen-bond donors (Lipinski definition) is 1. The maximum atomic E-state index is 12.9. The summed E-state index contributed by atoms with van der Waals surface area (Å²) in [4.78, 5) is 15.2. The highest BCUT2D eigenvalue weighted by atomic mass is 79.9. The molecular formula is C21H24BrN3O3. The highest BCUT2D eigenvalue weighted by Gasteiger charge is 2.19. The van der Waals surface area contributed by atoms with Gasteiger partial charge in [-0.3, -0.25) is 9.69 Å². The number of furan rings is 1. The second-order valence-electron chi connectivity index (χ2n) is 7.06. The average molecular weight is 446 g/mol. The lowest BCUT2D eigenvalue weighted by Gasteiger charge is -2.26. The second-order valence-corrected chi connectivity index (χ2v) is 7.97. The number of aryl methyl sites for hydroxylation is 1. The topological polar surface area (TPSA) is 59.6 Å². The molecule has 3 heterocycles. The molecule has 0 atom stereocenters. The molecule has 1 fully saturated rings. The fourth-order valence-electron chi connectivity index (χ4n) is 3.54. The molecule has 1 amide bonds. The number of halogens is 1. The molecule has 0 spiro atoms. The zero-order valence-corrected chi connectivity index (χ0v) is 17.5. The van der Waals surface area contributed by atoms with Gasteiger partial charge in [0.15, 0.2) is 5.58 Å². The van der Waals surface area contributed by atoms with Gasteiger partial charge in [-0.15, -0.1) is 0 Å². The maximum Gasteiger partial charge on any atom is 0.268 e. The summed E-state index contributed by atoms with van der Waals surface area (Å²) in [5.41, 5.74) is 3.44. The molecule has 4 rings (SSSR count). The minimum Gasteiger partial charge on any atom is -0.460 e. The number of benzene rings is 1. The number of aromatic nitrogens is 1. The highest BCUT2D eigenvalue weighted by molar-refractivity contribution is 9.10. The first-order chi connectivity index (χ1) is 13.6. The van der Waals surface area contributed by atoms with Crippen LogP contribution < -0.4 is 5.32 Å². The largest absolute Gasteiger partial charge is 0.460 e. The Kier molecular flexibility index (Phi) is 5.85. The van der Waals surface area contributed by atoms with Crippen LogP contribution in [0, 0.1) is 6.92 Å². The van der Waals surface area contributed by atoms with Crippen LogP contribution in [0.2, 0.25) is 0 Å². The SMILES string of the molecule is Cc1cc2c(cc(C(=O)NCCN3CCOCC3)n2Cc2ccc(Br)cc2)o1. The Bertz CT molecular complexity index is 955. The Hall–Kier alpha value is -2.09. The molecule has 6 nitrogen and oxygen atoms in total. The summed E-state index contributed by atoms with van der Waals surface area (Å²) >= 11 is 3.47. The normalized spacial score (nSPS) is 15.2. The first kappa shape index (κ1) is 19.2. The zero-order chi connectivity index (χ0) is 19.5. The lowest BCUT2D eigenvalue weighted by Crippen LogP contribution is -2.41. The van der Waals surface area contributed by atoms with Crippen molar-refractivity contribution < 1.29 is 13.9 Å². The van der Waals surface area contributed by atoms with Gasteiger partial charge in [0.25, 0.3) is 5.91 Å². The van der Waals surface area contributed by atoms with E-state index in [1.54, 1.807) is 0 Å². The Morgan fingerprint density at radius 3 is 2.68 bits per heavy atom. The number of amides is 1. The van der Waals surface area contributed by atoms with E-state index >= 15 is 0 Å². The number of nitrogens with zero attached hydrogens (tertiary/aromatic N) is 2. The average Bonchev–Trinajstić information content (AvgIpc) is 3.21. The fraction of sp³-hybridized carbons (Fsp3) is 0.381. The maximum absolute atomic E-state index is 12.9. The van der Waals surface area contributed by atoms with Crippen molar-refractivity contribution in [1.82, 2.24) is 14.8 Å². The summed E-state index contributed by atoms with van der Waals surface area (Å²) in [7, 11) is 0. The minimum absolute atomic E-state index is 0.0746. The van der Waals surface area contributed by atoms with Gasteiger partial charge in [0, 0.05) is 49.3 Å². The summed E-state index contributed by atoms with van der Waals surface area (Å²) in [5.74, 6) is 0.767. The van der Waals surface area contributed by atoms with Gasteiger partial charge in [-0.2, -0.15) is 0 Å². The van der Waals surface area contributed by atoms with Gasteiger partial charge >= 0.3 is 0 Å². The van der Waals surface area contributed by atoms with E-state index in [1.165, 1.54) is 0 Å². The molecule has 1 aliphatic rings. The van der Waals surface area contributed by atoms with Crippen molar-refractivity contribution >= 4 is 32.9 Å². The van der Waals surface area contributed by atoms with Gasteiger partial charge in [0.05, 0.1) is 18.7 Å². The molecule has 0 aliphatic carbocycles. The van der Waals surface area contributed by atoms with Crippen molar-refractivity contribution in [2.45, 2.75) is 13.5 Å². The molecule has 1 aliphatic heterocycles. The Morgan fingerprint density at radius 2 is 1.93 bits per heavy atom. The molecule has 148 valence electrons. The first-order valence-electron chi connectivity index (χ1n) is 9.52. The van der Waals surface area contributed by atoms with Crippen molar-refractivity contribution in [3.63, 3.8) is 0 Å². The number of fused-ring (bicyclic) bond motifs is 1. The van der Waals surface area contributed by atoms with Crippen molar-refractivity contribution in [3.05, 3.63) is 57.9 Å². The van der Waals surface area contributed by atoms with E-state index in [9.17, 15) is 4.79 Å². The van der Waals surface area contributed by atoms with Crippen LogP contribution in [0.4, 0.5) is 0 Å². The molecule has 3 aromatic rings. The van der Waals surface area contributed by atoms with Crippen molar-refractivity contribution in [3.8, 4) is 0 Å². The van der Waals surface area contributed by atoms with Crippen LogP contribution in [0.3, 0.4) is 0 Å². The monoisotopic (exact) mass is 445 g/mol. The lowest BCUT2D eigenvalue weighted by atomic mass is 10.2. The van der Waals surface area contributed by atoms with Crippen LogP contribution in [0.25, 0.3) is 11.1 Å². The minimum atomic E-state index is -0.0746. The quantitative estimate of drug-likeness (QED) is 0.631. The third-order valence-corrected chi connectivity index (χ3v) is 5.55. The molecule has 7 heteroatoms. The third-order valence-electron chi connectivity index (χ3n) is 5.02. The van der Waals surface area contributed by atoms with Crippen molar-refractivity contribution in [2.24, 2.45) is 0 Å². The van der Waals surface area contributed by atoms with Crippen LogP contribution >= 0.6 is 15.9 Å². The number of ether oxygens (including phenoxy) is 1. The number of hydrogen-bond acceptors (Lipinski definition) is 4.